The Kier molecular flexibility index (Phi) is 13.0. The molecule has 0 saturated heterocycles. The number of carboxylic acid groups (broad SMARTS) is 1. The van der Waals surface area contributed by atoms with Crippen molar-refractivity contribution in [2.75, 3.05) is 23.5 Å². The Morgan fingerprint density at radius 3 is 2.53 bits per heavy atom. The van der Waals surface area contributed by atoms with Crippen molar-refractivity contribution in [2.45, 2.75) is 77.4 Å². The maximum atomic E-state index is 13.3. The van der Waals surface area contributed by atoms with E-state index >= 15 is 0 Å². The molecular formula is C31H44N2O3S2. The van der Waals surface area contributed by atoms with Gasteiger partial charge in [0.25, 0.3) is 5.91 Å². The van der Waals surface area contributed by atoms with Gasteiger partial charge in [-0.3, -0.25) is 4.79 Å². The van der Waals surface area contributed by atoms with Crippen LogP contribution in [0.1, 0.15) is 73.4 Å². The van der Waals surface area contributed by atoms with Gasteiger partial charge in [-0.1, -0.05) is 69.4 Å². The highest BCUT2D eigenvalue weighted by Gasteiger charge is 2.23. The van der Waals surface area contributed by atoms with Crippen molar-refractivity contribution in [1.29, 1.82) is 0 Å². The average molecular weight is 557 g/mol. The van der Waals surface area contributed by atoms with Crippen LogP contribution in [0, 0.1) is 12.8 Å². The molecule has 1 fully saturated rings. The number of amides is 1. The van der Waals surface area contributed by atoms with Crippen molar-refractivity contribution in [3.8, 4) is 11.1 Å². The van der Waals surface area contributed by atoms with E-state index in [0.717, 1.165) is 46.2 Å². The van der Waals surface area contributed by atoms with Gasteiger partial charge in [0, 0.05) is 23.9 Å². The van der Waals surface area contributed by atoms with Crippen LogP contribution in [0.5, 0.6) is 0 Å². The Hall–Kier alpha value is -1.96. The van der Waals surface area contributed by atoms with E-state index in [-0.39, 0.29) is 5.91 Å². The van der Waals surface area contributed by atoms with Crippen molar-refractivity contribution in [2.24, 2.45) is 5.92 Å². The van der Waals surface area contributed by atoms with Gasteiger partial charge in [-0.25, -0.2) is 4.79 Å². The summed E-state index contributed by atoms with van der Waals surface area (Å²) in [4.78, 5) is 25.1. The molecule has 1 amide bonds. The molecule has 2 atom stereocenters. The van der Waals surface area contributed by atoms with Crippen LogP contribution in [-0.4, -0.2) is 52.6 Å². The number of carboxylic acids is 1. The lowest BCUT2D eigenvalue weighted by Gasteiger charge is -2.27. The second-order valence-electron chi connectivity index (χ2n) is 10.3. The second kappa shape index (κ2) is 16.2. The van der Waals surface area contributed by atoms with Gasteiger partial charge in [-0.15, -0.1) is 0 Å². The number of hydrogen-bond acceptors (Lipinski definition) is 5. The summed E-state index contributed by atoms with van der Waals surface area (Å²) in [6.45, 7) is 5.01. The number of aliphatic carboxylic acids is 1. The van der Waals surface area contributed by atoms with Crippen LogP contribution in [0.25, 0.3) is 11.1 Å². The Morgan fingerprint density at radius 2 is 1.84 bits per heavy atom. The molecular weight excluding hydrogens is 512 g/mol. The standard InChI is InChI=1S/C31H44N2O3S2/c1-4-38-21-25(18-23-11-6-5-7-12-23)32-20-24-14-15-27(28(19-24)26-13-9-8-10-22(26)2)30(34)33-29(31(35)36)16-17-37-3/h8-10,13-15,19,23,25,29,32H,4-7,11-12,16-18,20-21H2,1-3H3,(H,33,34)(H,35,36)/t25?,29-/m0/s1. The summed E-state index contributed by atoms with van der Waals surface area (Å²) in [5, 5.41) is 16.2. The summed E-state index contributed by atoms with van der Waals surface area (Å²) in [6, 6.07) is 13.6. The molecule has 2 aromatic rings. The molecule has 0 radical (unpaired) electrons. The first-order valence-corrected chi connectivity index (χ1v) is 16.5. The topological polar surface area (TPSA) is 78.4 Å². The van der Waals surface area contributed by atoms with Crippen LogP contribution in [0.4, 0.5) is 0 Å². The fraction of sp³-hybridized carbons (Fsp3) is 0.548. The highest BCUT2D eigenvalue weighted by molar-refractivity contribution is 7.99. The molecule has 1 aliphatic carbocycles. The molecule has 0 aromatic heterocycles. The smallest absolute Gasteiger partial charge is 0.326 e. The second-order valence-corrected chi connectivity index (χ2v) is 12.6. The molecule has 1 aliphatic rings. The number of nitrogens with one attached hydrogen (secondary N) is 2. The van der Waals surface area contributed by atoms with Crippen LogP contribution in [0.2, 0.25) is 0 Å². The third-order valence-electron chi connectivity index (χ3n) is 7.44. The number of carbonyl (C=O) groups excluding carboxylic acids is 1. The van der Waals surface area contributed by atoms with Gasteiger partial charge in [0.15, 0.2) is 0 Å². The van der Waals surface area contributed by atoms with E-state index in [2.05, 4.69) is 23.6 Å². The number of thioether (sulfide) groups is 2. The van der Waals surface area contributed by atoms with Crippen molar-refractivity contribution in [1.82, 2.24) is 10.6 Å². The quantitative estimate of drug-likeness (QED) is 0.224. The molecule has 7 heteroatoms. The molecule has 3 N–H and O–H groups in total. The van der Waals surface area contributed by atoms with Crippen LogP contribution in [-0.2, 0) is 11.3 Å². The number of rotatable bonds is 15. The van der Waals surface area contributed by atoms with E-state index < -0.39 is 12.0 Å². The molecule has 0 spiro atoms. The Labute approximate surface area is 237 Å². The Balaban J connectivity index is 1.82. The number of aryl methyl sites for hydroxylation is 1. The van der Waals surface area contributed by atoms with Gasteiger partial charge < -0.3 is 15.7 Å². The third-order valence-corrected chi connectivity index (χ3v) is 9.13. The zero-order valence-electron chi connectivity index (χ0n) is 23.1. The lowest BCUT2D eigenvalue weighted by atomic mass is 9.85. The molecule has 1 saturated carbocycles. The largest absolute Gasteiger partial charge is 0.480 e. The average Bonchev–Trinajstić information content (AvgIpc) is 2.93. The van der Waals surface area contributed by atoms with E-state index in [1.807, 2.05) is 61.3 Å². The van der Waals surface area contributed by atoms with Gasteiger partial charge in [-0.2, -0.15) is 23.5 Å². The van der Waals surface area contributed by atoms with Crippen molar-refractivity contribution in [3.05, 3.63) is 59.2 Å². The molecule has 0 aliphatic heterocycles. The summed E-state index contributed by atoms with van der Waals surface area (Å²) in [5.74, 6) is 2.39. The first-order valence-electron chi connectivity index (χ1n) is 14.0. The van der Waals surface area contributed by atoms with Gasteiger partial charge in [-0.05, 0) is 77.8 Å². The summed E-state index contributed by atoms with van der Waals surface area (Å²) >= 11 is 3.57. The lowest BCUT2D eigenvalue weighted by Crippen LogP contribution is -2.41. The molecule has 1 unspecified atom stereocenters. The summed E-state index contributed by atoms with van der Waals surface area (Å²) in [6.07, 6.45) is 10.4. The molecule has 38 heavy (non-hydrogen) atoms. The van der Waals surface area contributed by atoms with Crippen LogP contribution in [0.3, 0.4) is 0 Å². The van der Waals surface area contributed by atoms with Crippen molar-refractivity contribution >= 4 is 35.4 Å². The SMILES string of the molecule is CCSCC(CC1CCCCC1)NCc1ccc(C(=O)N[C@@H](CCSC)C(=O)O)c(-c2ccccc2C)c1. The van der Waals surface area contributed by atoms with Gasteiger partial charge in [0.2, 0.25) is 0 Å². The minimum Gasteiger partial charge on any atom is -0.480 e. The van der Waals surface area contributed by atoms with Crippen LogP contribution >= 0.6 is 23.5 Å². The first-order chi connectivity index (χ1) is 18.4. The Morgan fingerprint density at radius 1 is 1.08 bits per heavy atom. The van der Waals surface area contributed by atoms with E-state index in [4.69, 9.17) is 0 Å². The molecule has 2 aromatic carbocycles. The minimum atomic E-state index is -1.00. The maximum absolute atomic E-state index is 13.3. The van der Waals surface area contributed by atoms with E-state index in [1.54, 1.807) is 11.8 Å². The highest BCUT2D eigenvalue weighted by Crippen LogP contribution is 2.30. The number of benzene rings is 2. The van der Waals surface area contributed by atoms with Crippen molar-refractivity contribution in [3.63, 3.8) is 0 Å². The predicted octanol–water partition coefficient (Wildman–Crippen LogP) is 6.78. The molecule has 0 bridgehead atoms. The number of hydrogen-bond donors (Lipinski definition) is 3. The predicted molar refractivity (Wildman–Crippen MR) is 163 cm³/mol. The summed E-state index contributed by atoms with van der Waals surface area (Å²) in [7, 11) is 0. The fourth-order valence-corrected chi connectivity index (χ4v) is 6.53. The molecule has 5 nitrogen and oxygen atoms in total. The Bertz CT molecular complexity index is 1040. The third kappa shape index (κ3) is 9.35. The molecule has 3 rings (SSSR count). The number of carbonyl (C=O) groups is 2. The van der Waals surface area contributed by atoms with E-state index in [9.17, 15) is 14.7 Å². The zero-order chi connectivity index (χ0) is 27.3. The normalized spacial score (nSPS) is 15.7. The highest BCUT2D eigenvalue weighted by atomic mass is 32.2. The van der Waals surface area contributed by atoms with Crippen molar-refractivity contribution < 1.29 is 14.7 Å². The van der Waals surface area contributed by atoms with Gasteiger partial charge >= 0.3 is 5.97 Å². The van der Waals surface area contributed by atoms with Gasteiger partial charge in [0.1, 0.15) is 6.04 Å². The van der Waals surface area contributed by atoms with Crippen LogP contribution < -0.4 is 10.6 Å². The molecule has 208 valence electrons. The van der Waals surface area contributed by atoms with Crippen LogP contribution in [0.15, 0.2) is 42.5 Å². The fourth-order valence-electron chi connectivity index (χ4n) is 5.28. The van der Waals surface area contributed by atoms with Gasteiger partial charge in [0.05, 0.1) is 0 Å². The summed E-state index contributed by atoms with van der Waals surface area (Å²) < 4.78 is 0. The summed E-state index contributed by atoms with van der Waals surface area (Å²) in [5.41, 5.74) is 4.57. The first kappa shape index (κ1) is 30.6. The molecule has 0 heterocycles. The lowest BCUT2D eigenvalue weighted by molar-refractivity contribution is -0.139. The minimum absolute atomic E-state index is 0.342. The van der Waals surface area contributed by atoms with E-state index in [0.29, 0.717) is 23.8 Å². The zero-order valence-corrected chi connectivity index (χ0v) is 24.8. The maximum Gasteiger partial charge on any atom is 0.326 e. The van der Waals surface area contributed by atoms with E-state index in [1.165, 1.54) is 38.5 Å². The monoisotopic (exact) mass is 556 g/mol.